The number of nitrogens with zero attached hydrogens (tertiary/aromatic N) is 1. The molecule has 0 radical (unpaired) electrons. The number of aromatic nitrogens is 1. The first-order valence-electron chi connectivity index (χ1n) is 6.99. The molecule has 0 spiro atoms. The number of pyridine rings is 1. The summed E-state index contributed by atoms with van der Waals surface area (Å²) in [7, 11) is 0. The Balaban J connectivity index is 1.71. The molecule has 2 rings (SSSR count). The number of thioether (sulfide) groups is 1. The maximum atomic E-state index is 4.15. The van der Waals surface area contributed by atoms with Gasteiger partial charge in [0.15, 0.2) is 0 Å². The van der Waals surface area contributed by atoms with E-state index >= 15 is 0 Å². The molecule has 0 saturated heterocycles. The molecule has 1 aromatic heterocycles. The van der Waals surface area contributed by atoms with Gasteiger partial charge in [-0.3, -0.25) is 4.98 Å². The summed E-state index contributed by atoms with van der Waals surface area (Å²) in [6, 6.07) is 4.17. The van der Waals surface area contributed by atoms with Gasteiger partial charge < -0.3 is 5.32 Å². The molecule has 0 unspecified atom stereocenters. The average Bonchev–Trinajstić information content (AvgIpc) is 2.46. The maximum absolute atomic E-state index is 4.15. The largest absolute Gasteiger partial charge is 0.315 e. The van der Waals surface area contributed by atoms with E-state index in [1.54, 1.807) is 0 Å². The molecule has 1 N–H and O–H groups in total. The van der Waals surface area contributed by atoms with Crippen LogP contribution < -0.4 is 5.32 Å². The fourth-order valence-electron chi connectivity index (χ4n) is 2.74. The third kappa shape index (κ3) is 3.99. The lowest BCUT2D eigenvalue weighted by Crippen LogP contribution is -2.40. The lowest BCUT2D eigenvalue weighted by Gasteiger charge is -2.36. The highest BCUT2D eigenvalue weighted by molar-refractivity contribution is 8.00. The molecular formula is C15H24N2S. The highest BCUT2D eigenvalue weighted by Crippen LogP contribution is 2.37. The van der Waals surface area contributed by atoms with Crippen molar-refractivity contribution in [3.05, 3.63) is 30.1 Å². The van der Waals surface area contributed by atoms with Crippen LogP contribution in [0.15, 0.2) is 24.5 Å². The lowest BCUT2D eigenvalue weighted by atomic mass is 9.88. The summed E-state index contributed by atoms with van der Waals surface area (Å²) in [6.07, 6.45) is 14.2. The molecule has 1 aliphatic rings. The van der Waals surface area contributed by atoms with E-state index in [0.717, 1.165) is 19.5 Å². The van der Waals surface area contributed by atoms with Crippen molar-refractivity contribution in [2.75, 3.05) is 19.3 Å². The van der Waals surface area contributed by atoms with Crippen molar-refractivity contribution >= 4 is 11.8 Å². The Labute approximate surface area is 115 Å². The van der Waals surface area contributed by atoms with Gasteiger partial charge in [0, 0.05) is 23.7 Å². The van der Waals surface area contributed by atoms with E-state index in [-0.39, 0.29) is 0 Å². The fraction of sp³-hybridized carbons (Fsp3) is 0.667. The Morgan fingerprint density at radius 3 is 2.83 bits per heavy atom. The van der Waals surface area contributed by atoms with Crippen molar-refractivity contribution in [2.45, 2.75) is 43.3 Å². The van der Waals surface area contributed by atoms with E-state index < -0.39 is 0 Å². The van der Waals surface area contributed by atoms with Crippen molar-refractivity contribution in [1.29, 1.82) is 0 Å². The smallest absolute Gasteiger partial charge is 0.0300 e. The van der Waals surface area contributed by atoms with Crippen LogP contribution in [-0.2, 0) is 6.42 Å². The van der Waals surface area contributed by atoms with Gasteiger partial charge in [-0.2, -0.15) is 11.8 Å². The molecule has 1 aromatic rings. The Hall–Kier alpha value is -0.540. The standard InChI is InChI=1S/C15H24N2S/c1-18-15(8-3-2-4-9-15)13-17-11-7-14-6-5-10-16-12-14/h5-6,10,12,17H,2-4,7-9,11,13H2,1H3. The van der Waals surface area contributed by atoms with Gasteiger partial charge in [-0.05, 0) is 43.7 Å². The summed E-state index contributed by atoms with van der Waals surface area (Å²) in [5.41, 5.74) is 1.33. The van der Waals surface area contributed by atoms with Crippen LogP contribution in [0.4, 0.5) is 0 Å². The first-order chi connectivity index (χ1) is 8.85. The zero-order chi connectivity index (χ0) is 12.7. The Morgan fingerprint density at radius 2 is 2.17 bits per heavy atom. The van der Waals surface area contributed by atoms with Gasteiger partial charge >= 0.3 is 0 Å². The predicted molar refractivity (Wildman–Crippen MR) is 80.1 cm³/mol. The fourth-order valence-corrected chi connectivity index (χ4v) is 3.69. The minimum absolute atomic E-state index is 0.507. The average molecular weight is 264 g/mol. The van der Waals surface area contributed by atoms with E-state index in [1.165, 1.54) is 37.7 Å². The van der Waals surface area contributed by atoms with Crippen molar-refractivity contribution < 1.29 is 0 Å². The van der Waals surface area contributed by atoms with Crippen LogP contribution in [0.3, 0.4) is 0 Å². The maximum Gasteiger partial charge on any atom is 0.0300 e. The normalized spacial score (nSPS) is 18.7. The first-order valence-corrected chi connectivity index (χ1v) is 8.22. The summed E-state index contributed by atoms with van der Waals surface area (Å²) in [5, 5.41) is 3.65. The molecule has 0 aromatic carbocycles. The number of rotatable bonds is 6. The van der Waals surface area contributed by atoms with E-state index in [1.807, 2.05) is 18.5 Å². The van der Waals surface area contributed by atoms with E-state index in [9.17, 15) is 0 Å². The SMILES string of the molecule is CSC1(CNCCc2cccnc2)CCCCC1. The van der Waals surface area contributed by atoms with Gasteiger partial charge in [0.25, 0.3) is 0 Å². The van der Waals surface area contributed by atoms with Crippen LogP contribution >= 0.6 is 11.8 Å². The molecule has 0 aliphatic heterocycles. The highest BCUT2D eigenvalue weighted by atomic mass is 32.2. The van der Waals surface area contributed by atoms with Crippen molar-refractivity contribution in [2.24, 2.45) is 0 Å². The summed E-state index contributed by atoms with van der Waals surface area (Å²) in [5.74, 6) is 0. The molecule has 3 heteroatoms. The second-order valence-electron chi connectivity index (χ2n) is 5.24. The molecule has 2 nitrogen and oxygen atoms in total. The molecule has 1 aliphatic carbocycles. The van der Waals surface area contributed by atoms with Gasteiger partial charge in [-0.1, -0.05) is 25.3 Å². The zero-order valence-corrected chi connectivity index (χ0v) is 12.1. The minimum Gasteiger partial charge on any atom is -0.315 e. The molecular weight excluding hydrogens is 240 g/mol. The van der Waals surface area contributed by atoms with Crippen LogP contribution in [0.25, 0.3) is 0 Å². The highest BCUT2D eigenvalue weighted by Gasteiger charge is 2.30. The molecule has 18 heavy (non-hydrogen) atoms. The zero-order valence-electron chi connectivity index (χ0n) is 11.3. The molecule has 0 amide bonds. The van der Waals surface area contributed by atoms with Crippen LogP contribution in [-0.4, -0.2) is 29.1 Å². The monoisotopic (exact) mass is 264 g/mol. The number of hydrogen-bond donors (Lipinski definition) is 1. The summed E-state index contributed by atoms with van der Waals surface area (Å²) in [6.45, 7) is 2.22. The van der Waals surface area contributed by atoms with E-state index in [4.69, 9.17) is 0 Å². The summed E-state index contributed by atoms with van der Waals surface area (Å²) >= 11 is 2.06. The predicted octanol–water partition coefficient (Wildman–Crippen LogP) is 3.28. The Morgan fingerprint density at radius 1 is 1.33 bits per heavy atom. The second kappa shape index (κ2) is 7.15. The van der Waals surface area contributed by atoms with Gasteiger partial charge in [-0.25, -0.2) is 0 Å². The van der Waals surface area contributed by atoms with E-state index in [0.29, 0.717) is 4.75 Å². The van der Waals surface area contributed by atoms with Crippen LogP contribution in [0.2, 0.25) is 0 Å². The van der Waals surface area contributed by atoms with Crippen LogP contribution in [0, 0.1) is 0 Å². The lowest BCUT2D eigenvalue weighted by molar-refractivity contribution is 0.381. The molecule has 100 valence electrons. The van der Waals surface area contributed by atoms with E-state index in [2.05, 4.69) is 34.4 Å². The van der Waals surface area contributed by atoms with Crippen LogP contribution in [0.1, 0.15) is 37.7 Å². The number of nitrogens with one attached hydrogen (secondary N) is 1. The van der Waals surface area contributed by atoms with Crippen molar-refractivity contribution in [3.8, 4) is 0 Å². The van der Waals surface area contributed by atoms with Gasteiger partial charge in [0.1, 0.15) is 0 Å². The summed E-state index contributed by atoms with van der Waals surface area (Å²) in [4.78, 5) is 4.15. The molecule has 1 fully saturated rings. The van der Waals surface area contributed by atoms with Crippen molar-refractivity contribution in [1.82, 2.24) is 10.3 Å². The van der Waals surface area contributed by atoms with Gasteiger partial charge in [0.05, 0.1) is 0 Å². The number of hydrogen-bond acceptors (Lipinski definition) is 3. The third-order valence-electron chi connectivity index (χ3n) is 3.96. The van der Waals surface area contributed by atoms with Crippen molar-refractivity contribution in [3.63, 3.8) is 0 Å². The second-order valence-corrected chi connectivity index (χ2v) is 6.51. The first kappa shape index (κ1) is 13.9. The third-order valence-corrected chi connectivity index (χ3v) is 5.38. The molecule has 1 heterocycles. The van der Waals surface area contributed by atoms with Gasteiger partial charge in [0.2, 0.25) is 0 Å². The van der Waals surface area contributed by atoms with Crippen LogP contribution in [0.5, 0.6) is 0 Å². The Bertz CT molecular complexity index is 334. The minimum atomic E-state index is 0.507. The molecule has 1 saturated carbocycles. The quantitative estimate of drug-likeness (QED) is 0.798. The Kier molecular flexibility index (Phi) is 5.51. The molecule has 0 atom stereocenters. The topological polar surface area (TPSA) is 24.9 Å². The van der Waals surface area contributed by atoms with Gasteiger partial charge in [-0.15, -0.1) is 0 Å². The summed E-state index contributed by atoms with van der Waals surface area (Å²) < 4.78 is 0.507. The molecule has 0 bridgehead atoms.